The monoisotopic (exact) mass is 386 g/mol. The highest BCUT2D eigenvalue weighted by atomic mass is 35.5. The van der Waals surface area contributed by atoms with Gasteiger partial charge in [0.25, 0.3) is 0 Å². The summed E-state index contributed by atoms with van der Waals surface area (Å²) in [6.45, 7) is 2.37. The van der Waals surface area contributed by atoms with Gasteiger partial charge < -0.3 is 19.7 Å². The normalized spacial score (nSPS) is 14.4. The molecule has 2 amide bonds. The SMILES string of the molecule is COc1cc(-c2ccc(NC(=O)N3CCOCC3)cc2)cn2ncc(Cl)c12. The van der Waals surface area contributed by atoms with Crippen LogP contribution in [0, 0.1) is 0 Å². The molecule has 4 rings (SSSR count). The number of amides is 2. The Labute approximate surface area is 161 Å². The van der Waals surface area contributed by atoms with Crippen LogP contribution in [0.15, 0.2) is 42.7 Å². The Balaban J connectivity index is 1.55. The van der Waals surface area contributed by atoms with E-state index < -0.39 is 0 Å². The third-order valence-corrected chi connectivity index (χ3v) is 4.80. The van der Waals surface area contributed by atoms with Crippen LogP contribution in [-0.2, 0) is 4.74 Å². The molecule has 0 atom stereocenters. The Kier molecular flexibility index (Phi) is 4.87. The summed E-state index contributed by atoms with van der Waals surface area (Å²) in [5.41, 5.74) is 3.39. The minimum Gasteiger partial charge on any atom is -0.494 e. The number of aromatic nitrogens is 2. The molecule has 0 saturated carbocycles. The zero-order valence-electron chi connectivity index (χ0n) is 14.8. The molecule has 0 bridgehead atoms. The molecule has 2 aromatic heterocycles. The Bertz CT molecular complexity index is 965. The fraction of sp³-hybridized carbons (Fsp3) is 0.263. The first-order valence-electron chi connectivity index (χ1n) is 8.60. The second kappa shape index (κ2) is 7.46. The first kappa shape index (κ1) is 17.6. The third kappa shape index (κ3) is 3.56. The summed E-state index contributed by atoms with van der Waals surface area (Å²) in [7, 11) is 1.60. The summed E-state index contributed by atoms with van der Waals surface area (Å²) in [6, 6.07) is 9.45. The fourth-order valence-corrected chi connectivity index (χ4v) is 3.30. The van der Waals surface area contributed by atoms with Gasteiger partial charge in [-0.1, -0.05) is 23.7 Å². The van der Waals surface area contributed by atoms with E-state index in [1.54, 1.807) is 22.7 Å². The number of nitrogens with zero attached hydrogens (tertiary/aromatic N) is 3. The molecule has 1 saturated heterocycles. The van der Waals surface area contributed by atoms with Crippen LogP contribution in [0.3, 0.4) is 0 Å². The van der Waals surface area contributed by atoms with Crippen LogP contribution < -0.4 is 10.1 Å². The number of morpholine rings is 1. The molecule has 7 nitrogen and oxygen atoms in total. The van der Waals surface area contributed by atoms with E-state index in [4.69, 9.17) is 21.1 Å². The molecule has 1 N–H and O–H groups in total. The number of ether oxygens (including phenoxy) is 2. The molecule has 8 heteroatoms. The number of carbonyl (C=O) groups excluding carboxylic acids is 1. The Hall–Kier alpha value is -2.77. The maximum absolute atomic E-state index is 12.3. The van der Waals surface area contributed by atoms with Gasteiger partial charge in [0.1, 0.15) is 11.3 Å². The summed E-state index contributed by atoms with van der Waals surface area (Å²) in [5.74, 6) is 0.652. The maximum Gasteiger partial charge on any atom is 0.321 e. The van der Waals surface area contributed by atoms with Crippen molar-refractivity contribution in [1.82, 2.24) is 14.5 Å². The van der Waals surface area contributed by atoms with Crippen LogP contribution in [0.2, 0.25) is 5.02 Å². The van der Waals surface area contributed by atoms with Crippen LogP contribution in [0.25, 0.3) is 16.6 Å². The summed E-state index contributed by atoms with van der Waals surface area (Å²) >= 11 is 6.17. The molecule has 1 fully saturated rings. The van der Waals surface area contributed by atoms with E-state index >= 15 is 0 Å². The van der Waals surface area contributed by atoms with Crippen molar-refractivity contribution in [3.8, 4) is 16.9 Å². The van der Waals surface area contributed by atoms with Crippen molar-refractivity contribution in [2.24, 2.45) is 0 Å². The first-order chi connectivity index (χ1) is 13.2. The van der Waals surface area contributed by atoms with Gasteiger partial charge >= 0.3 is 6.03 Å². The van der Waals surface area contributed by atoms with Gasteiger partial charge in [0, 0.05) is 30.5 Å². The summed E-state index contributed by atoms with van der Waals surface area (Å²) in [6.07, 6.45) is 3.48. The number of rotatable bonds is 3. The maximum atomic E-state index is 12.3. The van der Waals surface area contributed by atoms with Gasteiger partial charge in [-0.25, -0.2) is 9.31 Å². The molecule has 1 aliphatic heterocycles. The highest BCUT2D eigenvalue weighted by Gasteiger charge is 2.17. The molecule has 0 aliphatic carbocycles. The molecule has 0 unspecified atom stereocenters. The van der Waals surface area contributed by atoms with E-state index in [2.05, 4.69) is 10.4 Å². The number of hydrogen-bond donors (Lipinski definition) is 1. The van der Waals surface area contributed by atoms with Crippen LogP contribution in [0.4, 0.5) is 10.5 Å². The van der Waals surface area contributed by atoms with Crippen molar-refractivity contribution in [2.75, 3.05) is 38.7 Å². The van der Waals surface area contributed by atoms with Crippen molar-refractivity contribution in [1.29, 1.82) is 0 Å². The molecule has 3 heterocycles. The summed E-state index contributed by atoms with van der Waals surface area (Å²) < 4.78 is 12.4. The molecule has 0 radical (unpaired) electrons. The lowest BCUT2D eigenvalue weighted by atomic mass is 10.1. The van der Waals surface area contributed by atoms with Crippen LogP contribution in [0.5, 0.6) is 5.75 Å². The van der Waals surface area contributed by atoms with Gasteiger partial charge in [0.05, 0.1) is 31.5 Å². The van der Waals surface area contributed by atoms with Crippen molar-refractivity contribution >= 4 is 28.8 Å². The molecule has 27 heavy (non-hydrogen) atoms. The minimum absolute atomic E-state index is 0.111. The standard InChI is InChI=1S/C19H19ClN4O3/c1-26-17-10-14(12-24-18(17)16(20)11-21-24)13-2-4-15(5-3-13)22-19(25)23-6-8-27-9-7-23/h2-5,10-12H,6-9H2,1H3,(H,22,25). The van der Waals surface area contributed by atoms with Crippen molar-refractivity contribution in [2.45, 2.75) is 0 Å². The van der Waals surface area contributed by atoms with Gasteiger partial charge in [-0.15, -0.1) is 0 Å². The number of urea groups is 1. The molecule has 1 aromatic carbocycles. The number of benzene rings is 1. The van der Waals surface area contributed by atoms with Gasteiger partial charge in [0.15, 0.2) is 0 Å². The zero-order chi connectivity index (χ0) is 18.8. The Morgan fingerprint density at radius 3 is 2.67 bits per heavy atom. The molecule has 0 spiro atoms. The number of nitrogens with one attached hydrogen (secondary N) is 1. The highest BCUT2D eigenvalue weighted by molar-refractivity contribution is 6.34. The largest absolute Gasteiger partial charge is 0.494 e. The zero-order valence-corrected chi connectivity index (χ0v) is 15.6. The lowest BCUT2D eigenvalue weighted by Crippen LogP contribution is -2.43. The fourth-order valence-electron chi connectivity index (χ4n) is 3.08. The van der Waals surface area contributed by atoms with Crippen molar-refractivity contribution in [3.05, 3.63) is 47.7 Å². The Morgan fingerprint density at radius 1 is 1.22 bits per heavy atom. The van der Waals surface area contributed by atoms with E-state index in [0.29, 0.717) is 37.1 Å². The van der Waals surface area contributed by atoms with Gasteiger partial charge in [-0.05, 0) is 23.8 Å². The predicted molar refractivity (Wildman–Crippen MR) is 104 cm³/mol. The quantitative estimate of drug-likeness (QED) is 0.747. The Morgan fingerprint density at radius 2 is 1.96 bits per heavy atom. The van der Waals surface area contributed by atoms with E-state index in [1.807, 2.05) is 36.5 Å². The van der Waals surface area contributed by atoms with Gasteiger partial charge in [-0.3, -0.25) is 0 Å². The minimum atomic E-state index is -0.111. The van der Waals surface area contributed by atoms with E-state index in [-0.39, 0.29) is 6.03 Å². The number of methoxy groups -OCH3 is 1. The van der Waals surface area contributed by atoms with Crippen molar-refractivity contribution in [3.63, 3.8) is 0 Å². The van der Waals surface area contributed by atoms with E-state index in [0.717, 1.165) is 22.3 Å². The first-order valence-corrected chi connectivity index (χ1v) is 8.98. The highest BCUT2D eigenvalue weighted by Crippen LogP contribution is 2.32. The molecular weight excluding hydrogens is 368 g/mol. The molecule has 3 aromatic rings. The van der Waals surface area contributed by atoms with Crippen LogP contribution >= 0.6 is 11.6 Å². The van der Waals surface area contributed by atoms with E-state index in [9.17, 15) is 4.79 Å². The van der Waals surface area contributed by atoms with Crippen molar-refractivity contribution < 1.29 is 14.3 Å². The second-order valence-corrected chi connectivity index (χ2v) is 6.60. The predicted octanol–water partition coefficient (Wildman–Crippen LogP) is 3.53. The lowest BCUT2D eigenvalue weighted by molar-refractivity contribution is 0.0564. The third-order valence-electron chi connectivity index (χ3n) is 4.52. The molecule has 1 aliphatic rings. The number of hydrogen-bond acceptors (Lipinski definition) is 4. The van der Waals surface area contributed by atoms with Gasteiger partial charge in [-0.2, -0.15) is 5.10 Å². The lowest BCUT2D eigenvalue weighted by Gasteiger charge is -2.26. The summed E-state index contributed by atoms with van der Waals surface area (Å²) in [5, 5.41) is 7.71. The van der Waals surface area contributed by atoms with Crippen LogP contribution in [0.1, 0.15) is 0 Å². The number of halogens is 1. The smallest absolute Gasteiger partial charge is 0.321 e. The average Bonchev–Trinajstić information content (AvgIpc) is 3.09. The average molecular weight is 387 g/mol. The number of fused-ring (bicyclic) bond motifs is 1. The number of anilines is 1. The number of pyridine rings is 1. The molecular formula is C19H19ClN4O3. The molecule has 140 valence electrons. The topological polar surface area (TPSA) is 68.1 Å². The van der Waals surface area contributed by atoms with Gasteiger partial charge in [0.2, 0.25) is 0 Å². The van der Waals surface area contributed by atoms with Crippen LogP contribution in [-0.4, -0.2) is 54.0 Å². The second-order valence-electron chi connectivity index (χ2n) is 6.19. The summed E-state index contributed by atoms with van der Waals surface area (Å²) in [4.78, 5) is 14.0. The number of carbonyl (C=O) groups is 1. The van der Waals surface area contributed by atoms with E-state index in [1.165, 1.54) is 0 Å².